The number of rotatable bonds is 5. The molecule has 2 aliphatic rings. The molecule has 0 amide bonds. The third-order valence-electron chi connectivity index (χ3n) is 5.51. The van der Waals surface area contributed by atoms with Crippen molar-refractivity contribution in [1.82, 2.24) is 9.88 Å². The zero-order chi connectivity index (χ0) is 18.7. The number of hydrogen-bond acceptors (Lipinski definition) is 6. The average molecular weight is 362 g/mol. The van der Waals surface area contributed by atoms with Crippen molar-refractivity contribution in [3.63, 3.8) is 0 Å². The van der Waals surface area contributed by atoms with E-state index in [0.717, 1.165) is 62.9 Å². The minimum absolute atomic E-state index is 0.0649. The van der Waals surface area contributed by atoms with Gasteiger partial charge in [-0.15, -0.1) is 0 Å². The number of ether oxygens (including phenoxy) is 1. The van der Waals surface area contributed by atoms with Crippen molar-refractivity contribution in [1.29, 1.82) is 0 Å². The summed E-state index contributed by atoms with van der Waals surface area (Å²) in [6, 6.07) is 1.62. The van der Waals surface area contributed by atoms with E-state index in [2.05, 4.69) is 28.6 Å². The molecule has 2 aliphatic heterocycles. The van der Waals surface area contributed by atoms with Crippen LogP contribution in [-0.4, -0.2) is 59.7 Å². The largest absolute Gasteiger partial charge is 0.373 e. The number of nitro groups is 1. The Morgan fingerprint density at radius 3 is 2.50 bits per heavy atom. The maximum Gasteiger partial charge on any atom is 0.287 e. The molecular weight excluding hydrogens is 332 g/mol. The number of pyridine rings is 1. The Morgan fingerprint density at radius 2 is 1.92 bits per heavy atom. The molecular formula is C19H30N4O3. The van der Waals surface area contributed by atoms with E-state index in [1.54, 1.807) is 6.07 Å². The summed E-state index contributed by atoms with van der Waals surface area (Å²) in [5.74, 6) is 1.64. The molecule has 0 spiro atoms. The van der Waals surface area contributed by atoms with Crippen LogP contribution in [0.4, 0.5) is 11.5 Å². The Bertz CT molecular complexity index is 621. The van der Waals surface area contributed by atoms with E-state index < -0.39 is 0 Å². The molecule has 1 aromatic heterocycles. The lowest BCUT2D eigenvalue weighted by Crippen LogP contribution is -2.46. The standard InChI is InChI=1S/C19H30N4O3/c1-14-10-18(23(24)25)11-20-19(14)22-8-5-17(6-9-22)4-7-21-12-15(2)26-16(3)13-21/h10-11,15-17H,4-9,12-13H2,1-3H3. The molecule has 0 saturated carbocycles. The molecule has 144 valence electrons. The van der Waals surface area contributed by atoms with Crippen LogP contribution in [0.2, 0.25) is 0 Å². The minimum Gasteiger partial charge on any atom is -0.373 e. The van der Waals surface area contributed by atoms with Crippen molar-refractivity contribution in [3.05, 3.63) is 27.9 Å². The first-order valence-corrected chi connectivity index (χ1v) is 9.66. The molecule has 26 heavy (non-hydrogen) atoms. The first-order valence-electron chi connectivity index (χ1n) is 9.66. The highest BCUT2D eigenvalue weighted by atomic mass is 16.6. The lowest BCUT2D eigenvalue weighted by Gasteiger charge is -2.37. The van der Waals surface area contributed by atoms with E-state index in [1.165, 1.54) is 12.6 Å². The Kier molecular flexibility index (Phi) is 6.09. The first-order chi connectivity index (χ1) is 12.4. The molecule has 0 N–H and O–H groups in total. The van der Waals surface area contributed by atoms with Crippen molar-refractivity contribution < 1.29 is 9.66 Å². The van der Waals surface area contributed by atoms with Gasteiger partial charge >= 0.3 is 0 Å². The van der Waals surface area contributed by atoms with Crippen molar-refractivity contribution in [3.8, 4) is 0 Å². The summed E-state index contributed by atoms with van der Waals surface area (Å²) in [7, 11) is 0. The normalized spacial score (nSPS) is 25.4. The molecule has 3 heterocycles. The van der Waals surface area contributed by atoms with Crippen molar-refractivity contribution in [2.75, 3.05) is 37.6 Å². The quantitative estimate of drug-likeness (QED) is 0.592. The first kappa shape index (κ1) is 19.0. The van der Waals surface area contributed by atoms with E-state index in [4.69, 9.17) is 4.74 Å². The number of aromatic nitrogens is 1. The summed E-state index contributed by atoms with van der Waals surface area (Å²) >= 11 is 0. The van der Waals surface area contributed by atoms with Gasteiger partial charge < -0.3 is 9.64 Å². The van der Waals surface area contributed by atoms with Crippen LogP contribution in [0.25, 0.3) is 0 Å². The summed E-state index contributed by atoms with van der Waals surface area (Å²) in [4.78, 5) is 19.6. The molecule has 7 heteroatoms. The monoisotopic (exact) mass is 362 g/mol. The lowest BCUT2D eigenvalue weighted by molar-refractivity contribution is -0.385. The molecule has 0 radical (unpaired) electrons. The molecule has 1 aromatic rings. The molecule has 0 aliphatic carbocycles. The fourth-order valence-corrected chi connectivity index (χ4v) is 4.25. The third-order valence-corrected chi connectivity index (χ3v) is 5.51. The maximum absolute atomic E-state index is 10.9. The minimum atomic E-state index is -0.386. The SMILES string of the molecule is Cc1cc([N+](=O)[O-])cnc1N1CCC(CCN2CC(C)OC(C)C2)CC1. The predicted octanol–water partition coefficient (Wildman–Crippen LogP) is 3.01. The zero-order valence-corrected chi connectivity index (χ0v) is 16.1. The maximum atomic E-state index is 10.9. The number of morpholine rings is 1. The summed E-state index contributed by atoms with van der Waals surface area (Å²) in [5.41, 5.74) is 0.948. The van der Waals surface area contributed by atoms with Gasteiger partial charge in [-0.1, -0.05) is 0 Å². The highest BCUT2D eigenvalue weighted by Crippen LogP contribution is 2.28. The molecule has 2 atom stereocenters. The van der Waals surface area contributed by atoms with Gasteiger partial charge in [0.25, 0.3) is 5.69 Å². The Hall–Kier alpha value is -1.73. The summed E-state index contributed by atoms with van der Waals surface area (Å²) in [5, 5.41) is 10.9. The fraction of sp³-hybridized carbons (Fsp3) is 0.737. The second-order valence-electron chi connectivity index (χ2n) is 7.83. The topological polar surface area (TPSA) is 71.7 Å². The van der Waals surface area contributed by atoms with Gasteiger partial charge in [0.1, 0.15) is 12.0 Å². The van der Waals surface area contributed by atoms with Gasteiger partial charge in [-0.25, -0.2) is 4.98 Å². The van der Waals surface area contributed by atoms with Crippen molar-refractivity contribution in [2.24, 2.45) is 5.92 Å². The predicted molar refractivity (Wildman–Crippen MR) is 102 cm³/mol. The van der Waals surface area contributed by atoms with E-state index >= 15 is 0 Å². The van der Waals surface area contributed by atoms with E-state index in [9.17, 15) is 10.1 Å². The van der Waals surface area contributed by atoms with Crippen LogP contribution < -0.4 is 4.90 Å². The number of hydrogen-bond donors (Lipinski definition) is 0. The summed E-state index contributed by atoms with van der Waals surface area (Å²) < 4.78 is 5.81. The van der Waals surface area contributed by atoms with E-state index in [0.29, 0.717) is 12.2 Å². The number of piperidine rings is 1. The number of aryl methyl sites for hydroxylation is 1. The van der Waals surface area contributed by atoms with Crippen LogP contribution >= 0.6 is 0 Å². The van der Waals surface area contributed by atoms with Gasteiger partial charge in [-0.05, 0) is 58.1 Å². The van der Waals surface area contributed by atoms with Crippen LogP contribution in [0.5, 0.6) is 0 Å². The van der Waals surface area contributed by atoms with Crippen molar-refractivity contribution in [2.45, 2.75) is 52.2 Å². The highest BCUT2D eigenvalue weighted by Gasteiger charge is 2.25. The lowest BCUT2D eigenvalue weighted by atomic mass is 9.93. The summed E-state index contributed by atoms with van der Waals surface area (Å²) in [6.07, 6.45) is 5.59. The van der Waals surface area contributed by atoms with Gasteiger partial charge in [0.2, 0.25) is 0 Å². The van der Waals surface area contributed by atoms with E-state index in [-0.39, 0.29) is 10.6 Å². The van der Waals surface area contributed by atoms with Crippen LogP contribution in [0.3, 0.4) is 0 Å². The Morgan fingerprint density at radius 1 is 1.27 bits per heavy atom. The van der Waals surface area contributed by atoms with Crippen molar-refractivity contribution >= 4 is 11.5 Å². The summed E-state index contributed by atoms with van der Waals surface area (Å²) in [6.45, 7) is 11.4. The number of anilines is 1. The van der Waals surface area contributed by atoms with E-state index in [1.807, 2.05) is 6.92 Å². The molecule has 2 unspecified atom stereocenters. The molecule has 0 bridgehead atoms. The van der Waals surface area contributed by atoms with Gasteiger partial charge in [0, 0.05) is 32.2 Å². The van der Waals surface area contributed by atoms with Gasteiger partial charge in [-0.3, -0.25) is 15.0 Å². The van der Waals surface area contributed by atoms with Gasteiger partial charge in [0.15, 0.2) is 0 Å². The Labute approximate surface area is 155 Å². The molecule has 0 aromatic carbocycles. The fourth-order valence-electron chi connectivity index (χ4n) is 4.25. The smallest absolute Gasteiger partial charge is 0.287 e. The average Bonchev–Trinajstić information content (AvgIpc) is 2.59. The van der Waals surface area contributed by atoms with Gasteiger partial charge in [0.05, 0.1) is 17.1 Å². The van der Waals surface area contributed by atoms with Crippen LogP contribution in [0, 0.1) is 23.0 Å². The number of nitrogens with zero attached hydrogens (tertiary/aromatic N) is 4. The zero-order valence-electron chi connectivity index (χ0n) is 16.1. The highest BCUT2D eigenvalue weighted by molar-refractivity contribution is 5.50. The Balaban J connectivity index is 1.48. The molecule has 2 saturated heterocycles. The van der Waals surface area contributed by atoms with Crippen LogP contribution in [0.1, 0.15) is 38.7 Å². The molecule has 2 fully saturated rings. The molecule has 3 rings (SSSR count). The van der Waals surface area contributed by atoms with Crippen LogP contribution in [0.15, 0.2) is 12.3 Å². The van der Waals surface area contributed by atoms with Crippen LogP contribution in [-0.2, 0) is 4.74 Å². The second-order valence-corrected chi connectivity index (χ2v) is 7.83. The third kappa shape index (κ3) is 4.71. The molecule has 7 nitrogen and oxygen atoms in total. The van der Waals surface area contributed by atoms with Gasteiger partial charge in [-0.2, -0.15) is 0 Å². The second kappa shape index (κ2) is 8.31.